The molecule has 0 fully saturated rings. The predicted molar refractivity (Wildman–Crippen MR) is 141 cm³/mol. The molecule has 0 spiro atoms. The molecule has 5 rings (SSSR count). The summed E-state index contributed by atoms with van der Waals surface area (Å²) in [6, 6.07) is 31.7. The van der Waals surface area contributed by atoms with Crippen LogP contribution in [0.4, 0.5) is 5.69 Å². The summed E-state index contributed by atoms with van der Waals surface area (Å²) in [5.41, 5.74) is 3.23. The van der Waals surface area contributed by atoms with Crippen LogP contribution in [0.5, 0.6) is 23.0 Å². The van der Waals surface area contributed by atoms with Crippen LogP contribution in [0.25, 0.3) is 22.2 Å². The Balaban J connectivity index is 1.53. The molecule has 0 radical (unpaired) electrons. The molecule has 0 aliphatic heterocycles. The number of para-hydroxylation sites is 4. The molecule has 0 aliphatic rings. The number of hydrogen-bond acceptors (Lipinski definition) is 5. The number of benzene rings is 4. The van der Waals surface area contributed by atoms with Crippen molar-refractivity contribution in [3.8, 4) is 34.3 Å². The summed E-state index contributed by atoms with van der Waals surface area (Å²) in [4.78, 5) is 18.4. The van der Waals surface area contributed by atoms with Gasteiger partial charge in [-0.2, -0.15) is 0 Å². The molecule has 1 heterocycles. The first-order valence-corrected chi connectivity index (χ1v) is 11.4. The molecule has 0 unspecified atom stereocenters. The van der Waals surface area contributed by atoms with Gasteiger partial charge in [0.05, 0.1) is 36.7 Å². The molecule has 178 valence electrons. The maximum absolute atomic E-state index is 13.6. The monoisotopic (exact) mass is 476 g/mol. The number of fused-ring (bicyclic) bond motifs is 1. The molecule has 0 aliphatic carbocycles. The van der Waals surface area contributed by atoms with Crippen molar-refractivity contribution in [2.75, 3.05) is 19.5 Å². The molecule has 6 nitrogen and oxygen atoms in total. The highest BCUT2D eigenvalue weighted by molar-refractivity contribution is 6.13. The first-order valence-electron chi connectivity index (χ1n) is 11.4. The predicted octanol–water partition coefficient (Wildman–Crippen LogP) is 6.96. The van der Waals surface area contributed by atoms with E-state index in [2.05, 4.69) is 5.32 Å². The number of nitrogens with zero attached hydrogens (tertiary/aromatic N) is 1. The highest BCUT2D eigenvalue weighted by Crippen LogP contribution is 2.34. The van der Waals surface area contributed by atoms with Gasteiger partial charge in [-0.05, 0) is 54.6 Å². The Morgan fingerprint density at radius 1 is 0.722 bits per heavy atom. The number of rotatable bonds is 7. The molecule has 0 saturated heterocycles. The summed E-state index contributed by atoms with van der Waals surface area (Å²) < 4.78 is 16.8. The van der Waals surface area contributed by atoms with E-state index >= 15 is 0 Å². The summed E-state index contributed by atoms with van der Waals surface area (Å²) in [6.07, 6.45) is 0. The van der Waals surface area contributed by atoms with Gasteiger partial charge < -0.3 is 19.5 Å². The van der Waals surface area contributed by atoms with Crippen LogP contribution in [-0.2, 0) is 0 Å². The topological polar surface area (TPSA) is 69.7 Å². The Kier molecular flexibility index (Phi) is 6.49. The lowest BCUT2D eigenvalue weighted by atomic mass is 10.0. The molecule has 0 saturated carbocycles. The molecule has 4 aromatic carbocycles. The fraction of sp³-hybridized carbons (Fsp3) is 0.0667. The summed E-state index contributed by atoms with van der Waals surface area (Å²) in [5.74, 6) is 2.18. The zero-order chi connectivity index (χ0) is 24.9. The van der Waals surface area contributed by atoms with Crippen molar-refractivity contribution < 1.29 is 19.0 Å². The van der Waals surface area contributed by atoms with Crippen molar-refractivity contribution in [1.82, 2.24) is 4.98 Å². The summed E-state index contributed by atoms with van der Waals surface area (Å²) in [6.45, 7) is 0. The number of anilines is 1. The fourth-order valence-corrected chi connectivity index (χ4v) is 3.97. The third-order valence-corrected chi connectivity index (χ3v) is 5.75. The van der Waals surface area contributed by atoms with Crippen LogP contribution in [0.2, 0.25) is 0 Å². The zero-order valence-electron chi connectivity index (χ0n) is 19.9. The largest absolute Gasteiger partial charge is 0.493 e. The second-order valence-corrected chi connectivity index (χ2v) is 8.01. The number of pyridine rings is 1. The Bertz CT molecular complexity index is 1530. The van der Waals surface area contributed by atoms with Gasteiger partial charge in [0.1, 0.15) is 5.75 Å². The van der Waals surface area contributed by atoms with Crippen LogP contribution in [0.3, 0.4) is 0 Å². The fourth-order valence-electron chi connectivity index (χ4n) is 3.97. The highest BCUT2D eigenvalue weighted by atomic mass is 16.5. The third kappa shape index (κ3) is 4.70. The summed E-state index contributed by atoms with van der Waals surface area (Å²) in [7, 11) is 3.18. The lowest BCUT2D eigenvalue weighted by molar-refractivity contribution is 0.102. The minimum Gasteiger partial charge on any atom is -0.493 e. The number of ether oxygens (including phenoxy) is 3. The lowest BCUT2D eigenvalue weighted by Crippen LogP contribution is -2.13. The van der Waals surface area contributed by atoms with Gasteiger partial charge in [0.2, 0.25) is 0 Å². The van der Waals surface area contributed by atoms with Crippen LogP contribution in [-0.4, -0.2) is 25.1 Å². The van der Waals surface area contributed by atoms with Crippen LogP contribution >= 0.6 is 0 Å². The Hall–Kier alpha value is -4.84. The van der Waals surface area contributed by atoms with Gasteiger partial charge in [-0.25, -0.2) is 4.98 Å². The minimum absolute atomic E-state index is 0.264. The van der Waals surface area contributed by atoms with E-state index in [4.69, 9.17) is 19.2 Å². The number of amides is 1. The minimum atomic E-state index is -0.264. The van der Waals surface area contributed by atoms with Crippen molar-refractivity contribution in [1.29, 1.82) is 0 Å². The number of carbonyl (C=O) groups is 1. The van der Waals surface area contributed by atoms with Gasteiger partial charge in [-0.1, -0.05) is 48.5 Å². The first kappa shape index (κ1) is 22.9. The summed E-state index contributed by atoms with van der Waals surface area (Å²) in [5, 5.41) is 3.77. The number of methoxy groups -OCH3 is 2. The number of carbonyl (C=O) groups excluding carboxylic acids is 1. The average Bonchev–Trinajstić information content (AvgIpc) is 2.93. The average molecular weight is 477 g/mol. The van der Waals surface area contributed by atoms with E-state index in [0.717, 1.165) is 10.9 Å². The van der Waals surface area contributed by atoms with Gasteiger partial charge >= 0.3 is 0 Å². The number of aromatic nitrogens is 1. The van der Waals surface area contributed by atoms with E-state index < -0.39 is 0 Å². The van der Waals surface area contributed by atoms with Gasteiger partial charge in [-0.3, -0.25) is 4.79 Å². The van der Waals surface area contributed by atoms with Crippen LogP contribution in [0.1, 0.15) is 10.4 Å². The smallest absolute Gasteiger partial charge is 0.256 e. The third-order valence-electron chi connectivity index (χ3n) is 5.75. The summed E-state index contributed by atoms with van der Waals surface area (Å²) >= 11 is 0. The molecule has 6 heteroatoms. The van der Waals surface area contributed by atoms with E-state index in [1.807, 2.05) is 97.1 Å². The van der Waals surface area contributed by atoms with E-state index in [-0.39, 0.29) is 5.91 Å². The van der Waals surface area contributed by atoms with Crippen LogP contribution in [0, 0.1) is 0 Å². The van der Waals surface area contributed by atoms with E-state index in [1.165, 1.54) is 0 Å². The van der Waals surface area contributed by atoms with Gasteiger partial charge in [0.15, 0.2) is 17.2 Å². The van der Waals surface area contributed by atoms with Crippen molar-refractivity contribution >= 4 is 22.5 Å². The molecule has 0 bridgehead atoms. The van der Waals surface area contributed by atoms with Crippen molar-refractivity contribution in [2.24, 2.45) is 0 Å². The molecule has 1 aromatic heterocycles. The van der Waals surface area contributed by atoms with Gasteiger partial charge in [0.25, 0.3) is 5.91 Å². The number of hydrogen-bond donors (Lipinski definition) is 1. The SMILES string of the molecule is COc1ccc(-c2cc(C(=O)Nc3ccccc3Oc3ccccc3)c3ccccc3n2)cc1OC. The van der Waals surface area contributed by atoms with Crippen LogP contribution < -0.4 is 19.5 Å². The number of nitrogens with one attached hydrogen (secondary N) is 1. The molecule has 36 heavy (non-hydrogen) atoms. The van der Waals surface area contributed by atoms with Crippen molar-refractivity contribution in [3.63, 3.8) is 0 Å². The molecule has 0 atom stereocenters. The van der Waals surface area contributed by atoms with Crippen molar-refractivity contribution in [2.45, 2.75) is 0 Å². The van der Waals surface area contributed by atoms with E-state index in [1.54, 1.807) is 20.3 Å². The maximum Gasteiger partial charge on any atom is 0.256 e. The Morgan fingerprint density at radius 3 is 2.25 bits per heavy atom. The quantitative estimate of drug-likeness (QED) is 0.275. The van der Waals surface area contributed by atoms with Crippen molar-refractivity contribution in [3.05, 3.63) is 109 Å². The molecular formula is C30H24N2O4. The normalized spacial score (nSPS) is 10.6. The van der Waals surface area contributed by atoms with E-state index in [9.17, 15) is 4.79 Å². The second kappa shape index (κ2) is 10.2. The standard InChI is InChI=1S/C30H24N2O4/c1-34-28-17-16-20(18-29(28)35-2)26-19-23(22-12-6-7-13-24(22)31-26)30(33)32-25-14-8-9-15-27(25)36-21-10-4-3-5-11-21/h3-19H,1-2H3,(H,32,33). The van der Waals surface area contributed by atoms with Crippen LogP contribution in [0.15, 0.2) is 103 Å². The van der Waals surface area contributed by atoms with Gasteiger partial charge in [-0.15, -0.1) is 0 Å². The first-order chi connectivity index (χ1) is 17.7. The molecule has 1 amide bonds. The molecule has 5 aromatic rings. The van der Waals surface area contributed by atoms with Gasteiger partial charge in [0, 0.05) is 10.9 Å². The maximum atomic E-state index is 13.6. The zero-order valence-corrected chi connectivity index (χ0v) is 19.9. The molecular weight excluding hydrogens is 452 g/mol. The lowest BCUT2D eigenvalue weighted by Gasteiger charge is -2.14. The van der Waals surface area contributed by atoms with E-state index in [0.29, 0.717) is 45.5 Å². The Labute approximate surface area is 209 Å². The highest BCUT2D eigenvalue weighted by Gasteiger charge is 2.17. The second-order valence-electron chi connectivity index (χ2n) is 8.01. The Morgan fingerprint density at radius 2 is 1.44 bits per heavy atom. The molecule has 1 N–H and O–H groups in total.